The molecule has 2 fully saturated rings. The molecule has 1 unspecified atom stereocenters. The van der Waals surface area contributed by atoms with Crippen molar-refractivity contribution in [3.63, 3.8) is 0 Å². The maximum Gasteiger partial charge on any atom is 0.255 e. The summed E-state index contributed by atoms with van der Waals surface area (Å²) in [6.07, 6.45) is 6.18. The molecule has 0 aromatic heterocycles. The lowest BCUT2D eigenvalue weighted by Gasteiger charge is -2.28. The normalized spacial score (nSPS) is 19.4. The largest absolute Gasteiger partial charge is 0.491 e. The molecule has 0 radical (unpaired) electrons. The summed E-state index contributed by atoms with van der Waals surface area (Å²) in [5.74, 6) is 0.648. The number of benzene rings is 2. The van der Waals surface area contributed by atoms with E-state index < -0.39 is 0 Å². The highest BCUT2D eigenvalue weighted by Gasteiger charge is 2.16. The quantitative estimate of drug-likeness (QED) is 0.802. The molecule has 2 heterocycles. The minimum atomic E-state index is -0.114. The second-order valence-corrected chi connectivity index (χ2v) is 7.52. The number of nitrogens with one attached hydrogen (secondary N) is 1. The summed E-state index contributed by atoms with van der Waals surface area (Å²) >= 11 is 0. The van der Waals surface area contributed by atoms with Crippen molar-refractivity contribution in [1.82, 2.24) is 0 Å². The standard InChI is InChI=1S/C23H28N2O3/c26-23(18-6-12-21(13-7-18)28-17-22-5-4-16-27-22)24-19-8-10-20(11-9-19)25-14-2-1-3-15-25/h6-13,22H,1-5,14-17H2,(H,24,26). The van der Waals surface area contributed by atoms with E-state index in [9.17, 15) is 4.79 Å². The van der Waals surface area contributed by atoms with Gasteiger partial charge in [0.15, 0.2) is 0 Å². The summed E-state index contributed by atoms with van der Waals surface area (Å²) in [5.41, 5.74) is 2.65. The van der Waals surface area contributed by atoms with Gasteiger partial charge in [0.2, 0.25) is 0 Å². The predicted octanol–water partition coefficient (Wildman–Crippen LogP) is 4.49. The fraction of sp³-hybridized carbons (Fsp3) is 0.435. The van der Waals surface area contributed by atoms with Gasteiger partial charge >= 0.3 is 0 Å². The first-order valence-electron chi connectivity index (χ1n) is 10.3. The minimum absolute atomic E-state index is 0.114. The topological polar surface area (TPSA) is 50.8 Å². The summed E-state index contributed by atoms with van der Waals surface area (Å²) in [7, 11) is 0. The predicted molar refractivity (Wildman–Crippen MR) is 111 cm³/mol. The first kappa shape index (κ1) is 18.8. The number of hydrogen-bond donors (Lipinski definition) is 1. The number of amides is 1. The third kappa shape index (κ3) is 4.84. The van der Waals surface area contributed by atoms with E-state index in [-0.39, 0.29) is 12.0 Å². The van der Waals surface area contributed by atoms with E-state index >= 15 is 0 Å². The first-order chi connectivity index (χ1) is 13.8. The summed E-state index contributed by atoms with van der Waals surface area (Å²) in [6, 6.07) is 15.4. The molecule has 5 heteroatoms. The molecular formula is C23H28N2O3. The molecule has 2 aliphatic rings. The van der Waals surface area contributed by atoms with Crippen molar-refractivity contribution < 1.29 is 14.3 Å². The molecule has 0 saturated carbocycles. The fourth-order valence-electron chi connectivity index (χ4n) is 3.78. The molecule has 148 valence electrons. The Bertz CT molecular complexity index is 761. The van der Waals surface area contributed by atoms with Crippen LogP contribution in [0.4, 0.5) is 11.4 Å². The molecule has 2 saturated heterocycles. The summed E-state index contributed by atoms with van der Waals surface area (Å²) in [4.78, 5) is 14.9. The Morgan fingerprint density at radius 3 is 2.43 bits per heavy atom. The van der Waals surface area contributed by atoms with Crippen molar-refractivity contribution in [2.24, 2.45) is 0 Å². The summed E-state index contributed by atoms with van der Waals surface area (Å²) < 4.78 is 11.3. The number of nitrogens with zero attached hydrogens (tertiary/aromatic N) is 1. The Hall–Kier alpha value is -2.53. The Balaban J connectivity index is 1.30. The van der Waals surface area contributed by atoms with Gasteiger partial charge in [-0.2, -0.15) is 0 Å². The van der Waals surface area contributed by atoms with E-state index in [4.69, 9.17) is 9.47 Å². The summed E-state index contributed by atoms with van der Waals surface area (Å²) in [5, 5.41) is 2.97. The maximum absolute atomic E-state index is 12.5. The number of carbonyl (C=O) groups is 1. The molecular weight excluding hydrogens is 352 g/mol. The summed E-state index contributed by atoms with van der Waals surface area (Å²) in [6.45, 7) is 3.63. The average Bonchev–Trinajstić information content (AvgIpc) is 3.27. The second-order valence-electron chi connectivity index (χ2n) is 7.52. The molecule has 5 nitrogen and oxygen atoms in total. The van der Waals surface area contributed by atoms with Gasteiger partial charge in [0.25, 0.3) is 5.91 Å². The van der Waals surface area contributed by atoms with Gasteiger partial charge < -0.3 is 19.7 Å². The van der Waals surface area contributed by atoms with Crippen LogP contribution in [0.25, 0.3) is 0 Å². The van der Waals surface area contributed by atoms with Crippen molar-refractivity contribution in [2.45, 2.75) is 38.2 Å². The molecule has 1 N–H and O–H groups in total. The lowest BCUT2D eigenvalue weighted by Crippen LogP contribution is -2.29. The monoisotopic (exact) mass is 380 g/mol. The van der Waals surface area contributed by atoms with E-state index in [1.807, 2.05) is 24.3 Å². The molecule has 2 aromatic carbocycles. The molecule has 4 rings (SSSR count). The Morgan fingerprint density at radius 1 is 1.00 bits per heavy atom. The Morgan fingerprint density at radius 2 is 1.75 bits per heavy atom. The van der Waals surface area contributed by atoms with Crippen molar-refractivity contribution in [1.29, 1.82) is 0 Å². The zero-order chi connectivity index (χ0) is 19.2. The second kappa shape index (κ2) is 9.11. The lowest BCUT2D eigenvalue weighted by molar-refractivity contribution is 0.0679. The van der Waals surface area contributed by atoms with Gasteiger partial charge in [0.1, 0.15) is 12.4 Å². The molecule has 0 aliphatic carbocycles. The molecule has 2 aromatic rings. The number of anilines is 2. The van der Waals surface area contributed by atoms with E-state index in [0.29, 0.717) is 12.2 Å². The number of rotatable bonds is 6. The van der Waals surface area contributed by atoms with Crippen LogP contribution in [0.2, 0.25) is 0 Å². The SMILES string of the molecule is O=C(Nc1ccc(N2CCCCC2)cc1)c1ccc(OCC2CCCO2)cc1. The third-order valence-corrected chi connectivity index (χ3v) is 5.42. The smallest absolute Gasteiger partial charge is 0.255 e. The Kier molecular flexibility index (Phi) is 6.12. The zero-order valence-corrected chi connectivity index (χ0v) is 16.2. The zero-order valence-electron chi connectivity index (χ0n) is 16.2. The van der Waals surface area contributed by atoms with Crippen LogP contribution >= 0.6 is 0 Å². The third-order valence-electron chi connectivity index (χ3n) is 5.42. The molecule has 0 spiro atoms. The number of piperidine rings is 1. The minimum Gasteiger partial charge on any atom is -0.491 e. The van der Waals surface area contributed by atoms with Gasteiger partial charge in [-0.1, -0.05) is 0 Å². The number of hydrogen-bond acceptors (Lipinski definition) is 4. The van der Waals surface area contributed by atoms with Crippen molar-refractivity contribution in [2.75, 3.05) is 36.5 Å². The molecule has 1 atom stereocenters. The molecule has 1 amide bonds. The average molecular weight is 380 g/mol. The van der Waals surface area contributed by atoms with Gasteiger partial charge in [0.05, 0.1) is 6.10 Å². The van der Waals surface area contributed by atoms with E-state index in [2.05, 4.69) is 22.3 Å². The van der Waals surface area contributed by atoms with E-state index in [1.165, 1.54) is 24.9 Å². The van der Waals surface area contributed by atoms with Crippen LogP contribution in [0.3, 0.4) is 0 Å². The first-order valence-corrected chi connectivity index (χ1v) is 10.3. The number of ether oxygens (including phenoxy) is 2. The van der Waals surface area contributed by atoms with Crippen LogP contribution in [0.5, 0.6) is 5.75 Å². The molecule has 28 heavy (non-hydrogen) atoms. The van der Waals surface area contributed by atoms with Gasteiger partial charge in [-0.25, -0.2) is 0 Å². The van der Waals surface area contributed by atoms with E-state index in [0.717, 1.165) is 44.0 Å². The van der Waals surface area contributed by atoms with Crippen LogP contribution in [0.15, 0.2) is 48.5 Å². The van der Waals surface area contributed by atoms with Gasteiger partial charge in [-0.3, -0.25) is 4.79 Å². The van der Waals surface area contributed by atoms with Crippen LogP contribution in [-0.4, -0.2) is 38.3 Å². The molecule has 0 bridgehead atoms. The highest BCUT2D eigenvalue weighted by Crippen LogP contribution is 2.22. The van der Waals surface area contributed by atoms with Crippen molar-refractivity contribution in [3.05, 3.63) is 54.1 Å². The highest BCUT2D eigenvalue weighted by atomic mass is 16.5. The van der Waals surface area contributed by atoms with Crippen LogP contribution < -0.4 is 15.0 Å². The van der Waals surface area contributed by atoms with Gasteiger partial charge in [-0.15, -0.1) is 0 Å². The Labute approximate surface area is 166 Å². The van der Waals surface area contributed by atoms with Crippen LogP contribution in [0, 0.1) is 0 Å². The van der Waals surface area contributed by atoms with Gasteiger partial charge in [-0.05, 0) is 80.6 Å². The van der Waals surface area contributed by atoms with Crippen molar-refractivity contribution in [3.8, 4) is 5.75 Å². The van der Waals surface area contributed by atoms with Crippen LogP contribution in [0.1, 0.15) is 42.5 Å². The fourth-order valence-corrected chi connectivity index (χ4v) is 3.78. The molecule has 2 aliphatic heterocycles. The highest BCUT2D eigenvalue weighted by molar-refractivity contribution is 6.04. The van der Waals surface area contributed by atoms with Gasteiger partial charge in [0, 0.05) is 36.6 Å². The van der Waals surface area contributed by atoms with Crippen molar-refractivity contribution >= 4 is 17.3 Å². The lowest BCUT2D eigenvalue weighted by atomic mass is 10.1. The van der Waals surface area contributed by atoms with E-state index in [1.54, 1.807) is 12.1 Å². The van der Waals surface area contributed by atoms with Crippen LogP contribution in [-0.2, 0) is 4.74 Å². The maximum atomic E-state index is 12.5. The number of carbonyl (C=O) groups excluding carboxylic acids is 1.